The number of rotatable bonds is 3. The number of hydrogen-bond acceptors (Lipinski definition) is 0. The third kappa shape index (κ3) is 2.64. The molecule has 0 amide bonds. The van der Waals surface area contributed by atoms with Gasteiger partial charge in [0.05, 0.1) is 19.1 Å². The molecule has 0 bridgehead atoms. The molecule has 0 aliphatic carbocycles. The molecule has 64 valence electrons. The normalized spacial score (nSPS) is 23.0. The highest BCUT2D eigenvalue weighted by atomic mass is 14.9. The van der Waals surface area contributed by atoms with E-state index >= 15 is 0 Å². The van der Waals surface area contributed by atoms with Gasteiger partial charge in [-0.1, -0.05) is 6.08 Å². The van der Waals surface area contributed by atoms with Crippen molar-refractivity contribution < 1.29 is 11.1 Å². The average Bonchev–Trinajstić information content (AvgIpc) is 2.07. The fraction of sp³-hybridized carbons (Fsp3) is 0.778. The van der Waals surface area contributed by atoms with Gasteiger partial charge in [-0.25, -0.2) is 0 Å². The molecule has 2 nitrogen and oxygen atoms in total. The maximum absolute atomic E-state index is 4.17. The lowest BCUT2D eigenvalue weighted by Crippen LogP contribution is -2.87. The summed E-state index contributed by atoms with van der Waals surface area (Å²) in [7, 11) is 0. The van der Waals surface area contributed by atoms with Crippen molar-refractivity contribution >= 4 is 0 Å². The molecule has 1 fully saturated rings. The SMILES string of the molecule is C=CC[C@@H]([NH3+])C1CC[NH2+]CC1. The van der Waals surface area contributed by atoms with Crippen molar-refractivity contribution in [1.29, 1.82) is 0 Å². The molecule has 1 aliphatic heterocycles. The first-order chi connectivity index (χ1) is 5.34. The van der Waals surface area contributed by atoms with Crippen LogP contribution in [0.15, 0.2) is 12.7 Å². The van der Waals surface area contributed by atoms with Crippen molar-refractivity contribution in [3.05, 3.63) is 12.7 Å². The Morgan fingerprint density at radius 1 is 1.55 bits per heavy atom. The Morgan fingerprint density at radius 3 is 2.73 bits per heavy atom. The maximum atomic E-state index is 4.17. The zero-order valence-corrected chi connectivity index (χ0v) is 7.26. The predicted octanol–water partition coefficient (Wildman–Crippen LogP) is -0.854. The van der Waals surface area contributed by atoms with Crippen LogP contribution in [0, 0.1) is 5.92 Å². The van der Waals surface area contributed by atoms with E-state index in [2.05, 4.69) is 17.6 Å². The highest BCUT2D eigenvalue weighted by molar-refractivity contribution is 4.77. The van der Waals surface area contributed by atoms with E-state index in [1.807, 2.05) is 6.08 Å². The molecule has 1 rings (SSSR count). The Morgan fingerprint density at radius 2 is 2.18 bits per heavy atom. The van der Waals surface area contributed by atoms with E-state index < -0.39 is 0 Å². The Labute approximate surface area is 68.9 Å². The molecule has 2 heteroatoms. The summed E-state index contributed by atoms with van der Waals surface area (Å²) in [5.74, 6) is 0.859. The fourth-order valence-electron chi connectivity index (χ4n) is 1.83. The van der Waals surface area contributed by atoms with Crippen molar-refractivity contribution in [2.45, 2.75) is 25.3 Å². The molecule has 0 aromatic heterocycles. The maximum Gasteiger partial charge on any atom is 0.0911 e. The Balaban J connectivity index is 2.26. The van der Waals surface area contributed by atoms with Gasteiger partial charge in [0, 0.05) is 25.2 Å². The zero-order valence-electron chi connectivity index (χ0n) is 7.26. The quantitative estimate of drug-likeness (QED) is 0.500. The Kier molecular flexibility index (Phi) is 3.60. The van der Waals surface area contributed by atoms with Crippen LogP contribution in [-0.2, 0) is 0 Å². The van der Waals surface area contributed by atoms with E-state index in [9.17, 15) is 0 Å². The smallest absolute Gasteiger partial charge is 0.0911 e. The van der Waals surface area contributed by atoms with E-state index in [4.69, 9.17) is 0 Å². The van der Waals surface area contributed by atoms with Gasteiger partial charge < -0.3 is 11.1 Å². The minimum Gasteiger partial charge on any atom is -0.355 e. The number of hydrogen-bond donors (Lipinski definition) is 2. The van der Waals surface area contributed by atoms with Crippen LogP contribution >= 0.6 is 0 Å². The first-order valence-electron chi connectivity index (χ1n) is 4.60. The zero-order chi connectivity index (χ0) is 8.10. The van der Waals surface area contributed by atoms with Gasteiger partial charge in [-0.15, -0.1) is 6.58 Å². The van der Waals surface area contributed by atoms with Gasteiger partial charge in [-0.05, 0) is 0 Å². The molecule has 11 heavy (non-hydrogen) atoms. The van der Waals surface area contributed by atoms with Crippen LogP contribution in [0.3, 0.4) is 0 Å². The molecule has 1 heterocycles. The van der Waals surface area contributed by atoms with Gasteiger partial charge in [0.1, 0.15) is 0 Å². The van der Waals surface area contributed by atoms with Gasteiger partial charge in [0.25, 0.3) is 0 Å². The summed E-state index contributed by atoms with van der Waals surface area (Å²) in [6.07, 6.45) is 5.78. The fourth-order valence-corrected chi connectivity index (χ4v) is 1.83. The van der Waals surface area contributed by atoms with Crippen LogP contribution in [-0.4, -0.2) is 19.1 Å². The van der Waals surface area contributed by atoms with E-state index in [-0.39, 0.29) is 0 Å². The van der Waals surface area contributed by atoms with Crippen molar-refractivity contribution in [2.75, 3.05) is 13.1 Å². The average molecular weight is 156 g/mol. The van der Waals surface area contributed by atoms with Crippen molar-refractivity contribution in [3.8, 4) is 0 Å². The molecule has 1 saturated heterocycles. The molecule has 0 aromatic carbocycles. The summed E-state index contributed by atoms with van der Waals surface area (Å²) in [6, 6.07) is 0.612. The number of piperidine rings is 1. The Bertz CT molecular complexity index is 117. The minimum absolute atomic E-state index is 0.612. The molecule has 5 N–H and O–H groups in total. The number of quaternary nitrogens is 2. The van der Waals surface area contributed by atoms with Crippen LogP contribution in [0.5, 0.6) is 0 Å². The second-order valence-corrected chi connectivity index (χ2v) is 3.49. The lowest BCUT2D eigenvalue weighted by molar-refractivity contribution is -0.667. The topological polar surface area (TPSA) is 44.2 Å². The van der Waals surface area contributed by atoms with Gasteiger partial charge in [0.2, 0.25) is 0 Å². The van der Waals surface area contributed by atoms with E-state index in [1.54, 1.807) is 0 Å². The molecule has 0 aromatic rings. The van der Waals surface area contributed by atoms with E-state index in [0.29, 0.717) is 6.04 Å². The molecular formula is C9H20N2+2. The van der Waals surface area contributed by atoms with Crippen LogP contribution in [0.4, 0.5) is 0 Å². The highest BCUT2D eigenvalue weighted by Crippen LogP contribution is 2.13. The first-order valence-corrected chi connectivity index (χ1v) is 4.60. The summed E-state index contributed by atoms with van der Waals surface area (Å²) in [5, 5.41) is 2.40. The third-order valence-corrected chi connectivity index (χ3v) is 2.62. The molecule has 0 unspecified atom stereocenters. The Hall–Kier alpha value is -0.340. The highest BCUT2D eigenvalue weighted by Gasteiger charge is 2.23. The minimum atomic E-state index is 0.612. The molecule has 0 saturated carbocycles. The summed E-state index contributed by atoms with van der Waals surface area (Å²) in [6.45, 7) is 6.35. The predicted molar refractivity (Wildman–Crippen MR) is 45.9 cm³/mol. The largest absolute Gasteiger partial charge is 0.355 e. The standard InChI is InChI=1S/C9H18N2/c1-2-3-9(10)8-4-6-11-7-5-8/h2,8-9,11H,1,3-7,10H2/p+2/t9-/m1/s1. The van der Waals surface area contributed by atoms with Crippen LogP contribution in [0.1, 0.15) is 19.3 Å². The second kappa shape index (κ2) is 4.52. The third-order valence-electron chi connectivity index (χ3n) is 2.62. The van der Waals surface area contributed by atoms with Crippen molar-refractivity contribution in [2.24, 2.45) is 5.92 Å². The van der Waals surface area contributed by atoms with Gasteiger partial charge in [-0.2, -0.15) is 0 Å². The van der Waals surface area contributed by atoms with Gasteiger partial charge in [0.15, 0.2) is 0 Å². The van der Waals surface area contributed by atoms with Crippen molar-refractivity contribution in [1.82, 2.24) is 0 Å². The molecule has 1 aliphatic rings. The van der Waals surface area contributed by atoms with Crippen molar-refractivity contribution in [3.63, 3.8) is 0 Å². The summed E-state index contributed by atoms with van der Waals surface area (Å²) in [4.78, 5) is 0. The molecule has 1 atom stereocenters. The molecule has 0 spiro atoms. The van der Waals surface area contributed by atoms with Crippen LogP contribution in [0.25, 0.3) is 0 Å². The molecule has 0 radical (unpaired) electrons. The van der Waals surface area contributed by atoms with Gasteiger partial charge in [-0.3, -0.25) is 0 Å². The lowest BCUT2D eigenvalue weighted by Gasteiger charge is -2.22. The summed E-state index contributed by atoms with van der Waals surface area (Å²) >= 11 is 0. The summed E-state index contributed by atoms with van der Waals surface area (Å²) in [5.41, 5.74) is 4.17. The van der Waals surface area contributed by atoms with E-state index in [1.165, 1.54) is 25.9 Å². The molecular weight excluding hydrogens is 136 g/mol. The second-order valence-electron chi connectivity index (χ2n) is 3.49. The van der Waals surface area contributed by atoms with Crippen LogP contribution < -0.4 is 11.1 Å². The first kappa shape index (κ1) is 8.75. The summed E-state index contributed by atoms with van der Waals surface area (Å²) < 4.78 is 0. The van der Waals surface area contributed by atoms with Crippen LogP contribution in [0.2, 0.25) is 0 Å². The monoisotopic (exact) mass is 156 g/mol. The number of nitrogens with two attached hydrogens (primary N) is 1. The van der Waals surface area contributed by atoms with Gasteiger partial charge >= 0.3 is 0 Å². The van der Waals surface area contributed by atoms with E-state index in [0.717, 1.165) is 12.3 Å². The lowest BCUT2D eigenvalue weighted by atomic mass is 9.89.